The van der Waals surface area contributed by atoms with Crippen LogP contribution in [0.3, 0.4) is 0 Å². The molecule has 1 aromatic carbocycles. The van der Waals surface area contributed by atoms with Crippen LogP contribution < -0.4 is 0 Å². The van der Waals surface area contributed by atoms with E-state index in [4.69, 9.17) is 0 Å². The molecule has 4 heteroatoms. The van der Waals surface area contributed by atoms with Crippen LogP contribution in [-0.2, 0) is 6.42 Å². The quantitative estimate of drug-likeness (QED) is 0.859. The number of phenols is 1. The highest BCUT2D eigenvalue weighted by Crippen LogP contribution is 2.24. The Labute approximate surface area is 103 Å². The number of nitrogens with zero attached hydrogens (tertiary/aromatic N) is 2. The Balaban J connectivity index is 2.64. The van der Waals surface area contributed by atoms with Crippen LogP contribution >= 0.6 is 15.9 Å². The molecule has 84 valence electrons. The summed E-state index contributed by atoms with van der Waals surface area (Å²) < 4.78 is 0.598. The fourth-order valence-electron chi connectivity index (χ4n) is 1.69. The first-order valence-electron chi connectivity index (χ1n) is 5.21. The third-order valence-corrected chi connectivity index (χ3v) is 2.69. The van der Waals surface area contributed by atoms with Crippen LogP contribution in [0.4, 0.5) is 0 Å². The monoisotopic (exact) mass is 280 g/mol. The maximum atomic E-state index is 9.49. The Morgan fingerprint density at radius 1 is 1.31 bits per heavy atom. The molecule has 0 aliphatic heterocycles. The second-order valence-corrected chi connectivity index (χ2v) is 4.95. The average molecular weight is 281 g/mol. The number of phenolic OH excluding ortho intramolecular Hbond substituents is 1. The second-order valence-electron chi connectivity index (χ2n) is 4.24. The molecule has 0 amide bonds. The molecule has 0 radical (unpaired) electrons. The minimum Gasteiger partial charge on any atom is -0.508 e. The summed E-state index contributed by atoms with van der Waals surface area (Å²) in [5.41, 5.74) is 1.83. The average Bonchev–Trinajstić information content (AvgIpc) is 2.18. The minimum absolute atomic E-state index is 0.253. The minimum atomic E-state index is 0.253. The van der Waals surface area contributed by atoms with Crippen molar-refractivity contribution >= 4 is 26.8 Å². The van der Waals surface area contributed by atoms with Gasteiger partial charge in [-0.25, -0.2) is 9.97 Å². The molecule has 0 aliphatic carbocycles. The highest BCUT2D eigenvalue weighted by atomic mass is 79.9. The number of halogens is 1. The Morgan fingerprint density at radius 2 is 2.06 bits per heavy atom. The van der Waals surface area contributed by atoms with Crippen LogP contribution in [0.1, 0.15) is 19.5 Å². The molecule has 0 aliphatic rings. The van der Waals surface area contributed by atoms with Crippen molar-refractivity contribution in [2.75, 3.05) is 0 Å². The Morgan fingerprint density at radius 3 is 2.75 bits per heavy atom. The van der Waals surface area contributed by atoms with E-state index in [-0.39, 0.29) is 5.75 Å². The van der Waals surface area contributed by atoms with Crippen LogP contribution in [0.2, 0.25) is 0 Å². The lowest BCUT2D eigenvalue weighted by atomic mass is 10.0. The molecule has 0 saturated heterocycles. The van der Waals surface area contributed by atoms with E-state index in [0.717, 1.165) is 23.0 Å². The van der Waals surface area contributed by atoms with Crippen molar-refractivity contribution in [2.45, 2.75) is 20.3 Å². The Bertz CT molecular complexity index is 526. The Kier molecular flexibility index (Phi) is 3.10. The van der Waals surface area contributed by atoms with Gasteiger partial charge in [0.25, 0.3) is 0 Å². The van der Waals surface area contributed by atoms with Gasteiger partial charge in [-0.3, -0.25) is 0 Å². The number of aromatic nitrogens is 2. The van der Waals surface area contributed by atoms with Gasteiger partial charge in [-0.1, -0.05) is 13.8 Å². The second kappa shape index (κ2) is 4.37. The van der Waals surface area contributed by atoms with Gasteiger partial charge in [-0.2, -0.15) is 0 Å². The molecule has 0 spiro atoms. The largest absolute Gasteiger partial charge is 0.508 e. The topological polar surface area (TPSA) is 46.0 Å². The molecule has 1 heterocycles. The van der Waals surface area contributed by atoms with Crippen LogP contribution in [-0.4, -0.2) is 15.1 Å². The van der Waals surface area contributed by atoms with Crippen LogP contribution in [0.25, 0.3) is 10.9 Å². The summed E-state index contributed by atoms with van der Waals surface area (Å²) in [6.45, 7) is 4.29. The van der Waals surface area contributed by atoms with Gasteiger partial charge >= 0.3 is 0 Å². The van der Waals surface area contributed by atoms with E-state index in [1.807, 2.05) is 0 Å². The highest BCUT2D eigenvalue weighted by Gasteiger charge is 2.08. The number of fused-ring (bicyclic) bond motifs is 1. The number of hydrogen-bond donors (Lipinski definition) is 1. The molecule has 2 rings (SSSR count). The van der Waals surface area contributed by atoms with E-state index in [9.17, 15) is 5.11 Å². The lowest BCUT2D eigenvalue weighted by Crippen LogP contribution is -2.00. The van der Waals surface area contributed by atoms with Crippen molar-refractivity contribution in [1.29, 1.82) is 0 Å². The molecule has 2 aromatic rings. The summed E-state index contributed by atoms with van der Waals surface area (Å²) in [6.07, 6.45) is 0.876. The number of hydrogen-bond acceptors (Lipinski definition) is 3. The smallest absolute Gasteiger partial charge is 0.197 e. The molecule has 1 N–H and O–H groups in total. The van der Waals surface area contributed by atoms with Gasteiger partial charge in [-0.15, -0.1) is 0 Å². The van der Waals surface area contributed by atoms with E-state index in [1.54, 1.807) is 18.2 Å². The summed E-state index contributed by atoms with van der Waals surface area (Å²) in [4.78, 5) is 8.66. The predicted molar refractivity (Wildman–Crippen MR) is 67.4 cm³/mol. The normalized spacial score (nSPS) is 11.2. The molecule has 0 fully saturated rings. The van der Waals surface area contributed by atoms with Crippen molar-refractivity contribution in [1.82, 2.24) is 9.97 Å². The lowest BCUT2D eigenvalue weighted by Gasteiger charge is -2.08. The summed E-state index contributed by atoms with van der Waals surface area (Å²) in [6, 6.07) is 5.17. The number of aromatic hydroxyl groups is 1. The molecule has 1 aromatic heterocycles. The van der Waals surface area contributed by atoms with Crippen LogP contribution in [0, 0.1) is 5.92 Å². The first-order valence-corrected chi connectivity index (χ1v) is 6.00. The van der Waals surface area contributed by atoms with E-state index < -0.39 is 0 Å². The zero-order chi connectivity index (χ0) is 11.7. The first kappa shape index (κ1) is 11.3. The predicted octanol–water partition coefficient (Wildman–Crippen LogP) is 3.30. The molecule has 0 bridgehead atoms. The van der Waals surface area contributed by atoms with Crippen molar-refractivity contribution in [2.24, 2.45) is 5.92 Å². The van der Waals surface area contributed by atoms with Crippen molar-refractivity contribution in [3.05, 3.63) is 28.6 Å². The fraction of sp³-hybridized carbons (Fsp3) is 0.333. The van der Waals surface area contributed by atoms with E-state index in [0.29, 0.717) is 10.7 Å². The molecule has 16 heavy (non-hydrogen) atoms. The van der Waals surface area contributed by atoms with Gasteiger partial charge in [0.2, 0.25) is 0 Å². The molecule has 3 nitrogen and oxygen atoms in total. The standard InChI is InChI=1S/C12H13BrN2O/c1-7(2)5-11-9-6-8(16)3-4-10(9)14-12(13)15-11/h3-4,6-7,16H,5H2,1-2H3. The van der Waals surface area contributed by atoms with E-state index in [1.165, 1.54) is 0 Å². The SMILES string of the molecule is CC(C)Cc1nc(Br)nc2ccc(O)cc12. The van der Waals surface area contributed by atoms with Crippen molar-refractivity contribution < 1.29 is 5.11 Å². The van der Waals surface area contributed by atoms with E-state index >= 15 is 0 Å². The molecule has 0 saturated carbocycles. The zero-order valence-electron chi connectivity index (χ0n) is 9.24. The number of rotatable bonds is 2. The molecule has 0 atom stereocenters. The van der Waals surface area contributed by atoms with Gasteiger partial charge in [0, 0.05) is 5.39 Å². The van der Waals surface area contributed by atoms with E-state index in [2.05, 4.69) is 39.7 Å². The fourth-order valence-corrected chi connectivity index (χ4v) is 2.10. The summed E-state index contributed by atoms with van der Waals surface area (Å²) in [5, 5.41) is 10.4. The summed E-state index contributed by atoms with van der Waals surface area (Å²) in [7, 11) is 0. The van der Waals surface area contributed by atoms with Crippen LogP contribution in [0.5, 0.6) is 5.75 Å². The molecular weight excluding hydrogens is 268 g/mol. The van der Waals surface area contributed by atoms with Gasteiger partial charge < -0.3 is 5.11 Å². The third kappa shape index (κ3) is 2.32. The van der Waals surface area contributed by atoms with Gasteiger partial charge in [0.05, 0.1) is 11.2 Å². The van der Waals surface area contributed by atoms with Crippen molar-refractivity contribution in [3.8, 4) is 5.75 Å². The molecule has 0 unspecified atom stereocenters. The number of benzene rings is 1. The van der Waals surface area contributed by atoms with Gasteiger partial charge in [0.1, 0.15) is 5.75 Å². The summed E-state index contributed by atoms with van der Waals surface area (Å²) in [5.74, 6) is 0.774. The zero-order valence-corrected chi connectivity index (χ0v) is 10.8. The Hall–Kier alpha value is -1.16. The first-order chi connectivity index (χ1) is 7.56. The van der Waals surface area contributed by atoms with Crippen LogP contribution in [0.15, 0.2) is 22.9 Å². The third-order valence-electron chi connectivity index (χ3n) is 2.33. The van der Waals surface area contributed by atoms with Crippen molar-refractivity contribution in [3.63, 3.8) is 0 Å². The maximum absolute atomic E-state index is 9.49. The maximum Gasteiger partial charge on any atom is 0.197 e. The lowest BCUT2D eigenvalue weighted by molar-refractivity contribution is 0.476. The molecular formula is C12H13BrN2O. The summed E-state index contributed by atoms with van der Waals surface area (Å²) >= 11 is 3.31. The van der Waals surface area contributed by atoms with Gasteiger partial charge in [-0.05, 0) is 46.5 Å². The van der Waals surface area contributed by atoms with Gasteiger partial charge in [0.15, 0.2) is 4.73 Å². The highest BCUT2D eigenvalue weighted by molar-refractivity contribution is 9.10.